The molecule has 0 atom stereocenters. The van der Waals surface area contributed by atoms with Crippen LogP contribution in [0.25, 0.3) is 0 Å². The van der Waals surface area contributed by atoms with Gasteiger partial charge in [0.05, 0.1) is 10.6 Å². The highest BCUT2D eigenvalue weighted by Gasteiger charge is 2.52. The van der Waals surface area contributed by atoms with Gasteiger partial charge in [0.1, 0.15) is 12.1 Å². The highest BCUT2D eigenvalue weighted by Crippen LogP contribution is 2.37. The molecule has 9 heteroatoms. The predicted molar refractivity (Wildman–Crippen MR) is 112 cm³/mol. The number of hydrogen-bond acceptors (Lipinski definition) is 4. The van der Waals surface area contributed by atoms with Crippen molar-refractivity contribution in [2.24, 2.45) is 5.92 Å². The number of rotatable bonds is 7. The average molecular weight is 435 g/mol. The summed E-state index contributed by atoms with van der Waals surface area (Å²) in [6.07, 6.45) is 4.09. The maximum Gasteiger partial charge on any atom is 0.325 e. The molecule has 0 unspecified atom stereocenters. The lowest BCUT2D eigenvalue weighted by Crippen LogP contribution is -2.50. The first kappa shape index (κ1) is 22.1. The summed E-state index contributed by atoms with van der Waals surface area (Å²) in [6.45, 7) is 2.16. The van der Waals surface area contributed by atoms with Crippen LogP contribution < -0.4 is 16.0 Å². The van der Waals surface area contributed by atoms with Crippen LogP contribution in [0.4, 0.5) is 4.79 Å². The summed E-state index contributed by atoms with van der Waals surface area (Å²) in [4.78, 5) is 50.4. The molecule has 2 aliphatic rings. The summed E-state index contributed by atoms with van der Waals surface area (Å²) in [7, 11) is 0. The van der Waals surface area contributed by atoms with Gasteiger partial charge in [-0.2, -0.15) is 0 Å². The average Bonchev–Trinajstić information content (AvgIpc) is 2.96. The molecule has 1 aromatic carbocycles. The van der Waals surface area contributed by atoms with E-state index in [0.717, 1.165) is 24.2 Å². The first-order valence-corrected chi connectivity index (χ1v) is 10.7. The highest BCUT2D eigenvalue weighted by atomic mass is 35.5. The second-order valence-corrected chi connectivity index (χ2v) is 8.25. The lowest BCUT2D eigenvalue weighted by Gasteiger charge is -2.34. The summed E-state index contributed by atoms with van der Waals surface area (Å²) in [6, 6.07) is 6.16. The molecule has 5 amide bonds. The second-order valence-electron chi connectivity index (χ2n) is 7.84. The molecule has 3 rings (SSSR count). The predicted octanol–water partition coefficient (Wildman–Crippen LogP) is 2.08. The van der Waals surface area contributed by atoms with E-state index in [-0.39, 0.29) is 31.4 Å². The van der Waals surface area contributed by atoms with E-state index in [9.17, 15) is 19.2 Å². The van der Waals surface area contributed by atoms with Crippen LogP contribution in [0.2, 0.25) is 5.02 Å². The summed E-state index contributed by atoms with van der Waals surface area (Å²) in [5, 5.41) is 8.44. The van der Waals surface area contributed by atoms with Crippen molar-refractivity contribution in [3.05, 3.63) is 34.9 Å². The van der Waals surface area contributed by atoms with Crippen LogP contribution in [0.1, 0.15) is 49.4 Å². The molecular weight excluding hydrogens is 408 g/mol. The van der Waals surface area contributed by atoms with E-state index in [1.54, 1.807) is 24.3 Å². The number of carbonyl (C=O) groups is 4. The molecule has 3 N–H and O–H groups in total. The molecule has 1 heterocycles. The molecule has 1 saturated heterocycles. The van der Waals surface area contributed by atoms with Crippen LogP contribution in [0, 0.1) is 5.92 Å². The van der Waals surface area contributed by atoms with Gasteiger partial charge in [-0.25, -0.2) is 4.79 Å². The number of amides is 5. The van der Waals surface area contributed by atoms with E-state index in [1.807, 2.05) is 0 Å². The first-order chi connectivity index (χ1) is 14.4. The largest absolute Gasteiger partial charge is 0.353 e. The number of nitrogens with zero attached hydrogens (tertiary/aromatic N) is 1. The smallest absolute Gasteiger partial charge is 0.325 e. The quantitative estimate of drug-likeness (QED) is 0.451. The van der Waals surface area contributed by atoms with Gasteiger partial charge >= 0.3 is 6.03 Å². The van der Waals surface area contributed by atoms with Crippen LogP contribution in [-0.2, 0) is 9.59 Å². The Bertz CT molecular complexity index is 836. The van der Waals surface area contributed by atoms with Crippen molar-refractivity contribution < 1.29 is 19.2 Å². The number of urea groups is 1. The van der Waals surface area contributed by atoms with E-state index in [0.29, 0.717) is 29.3 Å². The zero-order chi connectivity index (χ0) is 21.7. The Morgan fingerprint density at radius 3 is 2.50 bits per heavy atom. The molecule has 1 aromatic rings. The second kappa shape index (κ2) is 9.47. The fourth-order valence-corrected chi connectivity index (χ4v) is 4.28. The number of hydrogen-bond donors (Lipinski definition) is 3. The summed E-state index contributed by atoms with van der Waals surface area (Å²) in [5.74, 6) is -0.527. The molecule has 0 bridgehead atoms. The molecule has 1 spiro atoms. The first-order valence-electron chi connectivity index (χ1n) is 10.3. The van der Waals surface area contributed by atoms with Crippen LogP contribution in [0.15, 0.2) is 24.3 Å². The topological polar surface area (TPSA) is 108 Å². The Labute approximate surface area is 180 Å². The third-order valence-electron chi connectivity index (χ3n) is 5.93. The molecule has 2 fully saturated rings. The number of carbonyl (C=O) groups excluding carboxylic acids is 4. The Hall–Kier alpha value is -2.61. The molecule has 162 valence electrons. The van der Waals surface area contributed by atoms with Gasteiger partial charge in [-0.15, -0.1) is 0 Å². The molecular formula is C21H27ClN4O4. The number of nitrogens with one attached hydrogen (secondary N) is 3. The van der Waals surface area contributed by atoms with Crippen molar-refractivity contribution in [2.75, 3.05) is 19.6 Å². The summed E-state index contributed by atoms with van der Waals surface area (Å²) in [5.41, 5.74) is -0.501. The van der Waals surface area contributed by atoms with Gasteiger partial charge in [-0.1, -0.05) is 37.1 Å². The fraction of sp³-hybridized carbons (Fsp3) is 0.524. The zero-order valence-corrected chi connectivity index (χ0v) is 17.8. The lowest BCUT2D eigenvalue weighted by atomic mass is 9.75. The van der Waals surface area contributed by atoms with Crippen molar-refractivity contribution >= 4 is 35.4 Å². The Kier molecular flexibility index (Phi) is 6.97. The van der Waals surface area contributed by atoms with Crippen LogP contribution in [0.3, 0.4) is 0 Å². The number of imide groups is 1. The molecule has 0 aromatic heterocycles. The molecule has 30 heavy (non-hydrogen) atoms. The van der Waals surface area contributed by atoms with E-state index < -0.39 is 17.5 Å². The SMILES string of the molecule is CCC1CCC2(CC1)NC(=O)N(CC(=O)NCCNC(=O)c1ccccc1Cl)C2=O. The normalized spacial score (nSPS) is 23.4. The molecule has 0 radical (unpaired) electrons. The van der Waals surface area contributed by atoms with Crippen molar-refractivity contribution in [1.29, 1.82) is 0 Å². The van der Waals surface area contributed by atoms with Crippen molar-refractivity contribution in [3.63, 3.8) is 0 Å². The lowest BCUT2D eigenvalue weighted by molar-refractivity contribution is -0.136. The highest BCUT2D eigenvalue weighted by molar-refractivity contribution is 6.33. The monoisotopic (exact) mass is 434 g/mol. The van der Waals surface area contributed by atoms with E-state index in [4.69, 9.17) is 11.6 Å². The van der Waals surface area contributed by atoms with Crippen molar-refractivity contribution in [3.8, 4) is 0 Å². The summed E-state index contributed by atoms with van der Waals surface area (Å²) < 4.78 is 0. The van der Waals surface area contributed by atoms with Gasteiger partial charge in [-0.3, -0.25) is 19.3 Å². The fourth-order valence-electron chi connectivity index (χ4n) is 4.06. The van der Waals surface area contributed by atoms with Gasteiger partial charge in [0.25, 0.3) is 11.8 Å². The van der Waals surface area contributed by atoms with Crippen LogP contribution in [0.5, 0.6) is 0 Å². The number of halogens is 1. The minimum Gasteiger partial charge on any atom is -0.353 e. The number of benzene rings is 1. The Morgan fingerprint density at radius 2 is 1.83 bits per heavy atom. The molecule has 1 aliphatic heterocycles. The van der Waals surface area contributed by atoms with E-state index >= 15 is 0 Å². The zero-order valence-electron chi connectivity index (χ0n) is 17.0. The summed E-state index contributed by atoms with van der Waals surface area (Å²) >= 11 is 5.98. The third kappa shape index (κ3) is 4.75. The maximum atomic E-state index is 12.8. The molecule has 1 saturated carbocycles. The van der Waals surface area contributed by atoms with Crippen molar-refractivity contribution in [2.45, 2.75) is 44.6 Å². The molecule has 1 aliphatic carbocycles. The van der Waals surface area contributed by atoms with Gasteiger partial charge in [0.2, 0.25) is 5.91 Å². The van der Waals surface area contributed by atoms with Crippen LogP contribution >= 0.6 is 11.6 Å². The van der Waals surface area contributed by atoms with Crippen LogP contribution in [-0.4, -0.2) is 53.8 Å². The van der Waals surface area contributed by atoms with Gasteiger partial charge in [-0.05, 0) is 43.7 Å². The molecule has 8 nitrogen and oxygen atoms in total. The van der Waals surface area contributed by atoms with Gasteiger partial charge in [0.15, 0.2) is 0 Å². The van der Waals surface area contributed by atoms with E-state index in [1.165, 1.54) is 0 Å². The minimum absolute atomic E-state index is 0.169. The van der Waals surface area contributed by atoms with Gasteiger partial charge in [0, 0.05) is 13.1 Å². The standard InChI is InChI=1S/C21H27ClN4O4/c1-2-14-7-9-21(10-8-14)19(29)26(20(30)25-21)13-17(27)23-11-12-24-18(28)15-5-3-4-6-16(15)22/h3-6,14H,2,7-13H2,1H3,(H,23,27)(H,24,28)(H,25,30). The maximum absolute atomic E-state index is 12.8. The Morgan fingerprint density at radius 1 is 1.17 bits per heavy atom. The van der Waals surface area contributed by atoms with Crippen molar-refractivity contribution in [1.82, 2.24) is 20.9 Å². The van der Waals surface area contributed by atoms with E-state index in [2.05, 4.69) is 22.9 Å². The Balaban J connectivity index is 1.44. The van der Waals surface area contributed by atoms with Gasteiger partial charge < -0.3 is 16.0 Å². The third-order valence-corrected chi connectivity index (χ3v) is 6.26. The minimum atomic E-state index is -0.855.